The minimum absolute atomic E-state index is 0.344. The summed E-state index contributed by atoms with van der Waals surface area (Å²) in [6, 6.07) is 0. The molecular formula is C13H22N2O2S. The molecule has 0 saturated carbocycles. The highest BCUT2D eigenvalue weighted by molar-refractivity contribution is 7.09. The van der Waals surface area contributed by atoms with E-state index in [9.17, 15) is 0 Å². The van der Waals surface area contributed by atoms with Crippen molar-refractivity contribution in [3.63, 3.8) is 0 Å². The Morgan fingerprint density at radius 1 is 1.61 bits per heavy atom. The minimum Gasteiger partial charge on any atom is -0.379 e. The average Bonchev–Trinajstić information content (AvgIpc) is 3.00. The molecule has 5 heteroatoms. The second-order valence-electron chi connectivity index (χ2n) is 4.62. The molecule has 2 heterocycles. The van der Waals surface area contributed by atoms with Crippen molar-refractivity contribution in [2.24, 2.45) is 0 Å². The zero-order valence-electron chi connectivity index (χ0n) is 11.0. The maximum atomic E-state index is 5.60. The van der Waals surface area contributed by atoms with Gasteiger partial charge in [0.05, 0.1) is 12.7 Å². The van der Waals surface area contributed by atoms with E-state index >= 15 is 0 Å². The number of ether oxygens (including phenoxy) is 2. The first-order valence-electron chi connectivity index (χ1n) is 6.65. The molecule has 0 radical (unpaired) electrons. The fourth-order valence-corrected chi connectivity index (χ4v) is 2.71. The maximum absolute atomic E-state index is 5.60. The second kappa shape index (κ2) is 7.84. The van der Waals surface area contributed by atoms with Crippen LogP contribution in [0, 0.1) is 6.92 Å². The van der Waals surface area contributed by atoms with Gasteiger partial charge in [-0.3, -0.25) is 0 Å². The number of hydrogen-bond acceptors (Lipinski definition) is 5. The fraction of sp³-hybridized carbons (Fsp3) is 0.769. The third-order valence-electron chi connectivity index (χ3n) is 2.91. The zero-order valence-corrected chi connectivity index (χ0v) is 11.8. The van der Waals surface area contributed by atoms with Gasteiger partial charge in [0.15, 0.2) is 0 Å². The molecule has 18 heavy (non-hydrogen) atoms. The molecule has 2 rings (SSSR count). The van der Waals surface area contributed by atoms with Gasteiger partial charge in [-0.1, -0.05) is 0 Å². The van der Waals surface area contributed by atoms with Crippen LogP contribution in [0.25, 0.3) is 0 Å². The smallest absolute Gasteiger partial charge is 0.107 e. The quantitative estimate of drug-likeness (QED) is 0.735. The fourth-order valence-electron chi connectivity index (χ4n) is 1.97. The molecule has 0 aliphatic carbocycles. The lowest BCUT2D eigenvalue weighted by Crippen LogP contribution is -2.18. The van der Waals surface area contributed by atoms with Crippen LogP contribution in [0.15, 0.2) is 5.38 Å². The summed E-state index contributed by atoms with van der Waals surface area (Å²) >= 11 is 1.71. The molecule has 1 fully saturated rings. The molecule has 1 saturated heterocycles. The van der Waals surface area contributed by atoms with Crippen LogP contribution in [0.2, 0.25) is 0 Å². The van der Waals surface area contributed by atoms with E-state index in [1.165, 1.54) is 6.42 Å². The molecule has 0 bridgehead atoms. The van der Waals surface area contributed by atoms with Crippen LogP contribution in [0.3, 0.4) is 0 Å². The van der Waals surface area contributed by atoms with Crippen LogP contribution in [-0.4, -0.2) is 37.5 Å². The van der Waals surface area contributed by atoms with E-state index in [4.69, 9.17) is 9.47 Å². The number of aromatic nitrogens is 1. The number of thiazole rings is 1. The Bertz CT molecular complexity index is 337. The van der Waals surface area contributed by atoms with Crippen LogP contribution in [0.5, 0.6) is 0 Å². The normalized spacial score (nSPS) is 19.5. The Kier molecular flexibility index (Phi) is 6.07. The maximum Gasteiger partial charge on any atom is 0.107 e. The molecule has 0 spiro atoms. The van der Waals surface area contributed by atoms with E-state index in [0.29, 0.717) is 6.10 Å². The highest BCUT2D eigenvalue weighted by Gasteiger charge is 2.14. The molecule has 1 aliphatic heterocycles. The average molecular weight is 270 g/mol. The Hall–Kier alpha value is -0.490. The molecule has 4 nitrogen and oxygen atoms in total. The van der Waals surface area contributed by atoms with Crippen LogP contribution in [0.1, 0.15) is 30.0 Å². The van der Waals surface area contributed by atoms with Crippen molar-refractivity contribution in [1.29, 1.82) is 0 Å². The van der Waals surface area contributed by atoms with Gasteiger partial charge in [-0.15, -0.1) is 11.3 Å². The summed E-state index contributed by atoms with van der Waals surface area (Å²) in [6.45, 7) is 6.34. The van der Waals surface area contributed by atoms with Gasteiger partial charge in [0.25, 0.3) is 0 Å². The van der Waals surface area contributed by atoms with Crippen LogP contribution in [0.4, 0.5) is 0 Å². The SMILES string of the molecule is Cc1csc(CNCCCOCC2CCCO2)n1. The minimum atomic E-state index is 0.344. The molecule has 1 aromatic heterocycles. The topological polar surface area (TPSA) is 43.4 Å². The lowest BCUT2D eigenvalue weighted by molar-refractivity contribution is 0.0166. The Morgan fingerprint density at radius 3 is 3.28 bits per heavy atom. The number of aryl methyl sites for hydroxylation is 1. The highest BCUT2D eigenvalue weighted by atomic mass is 32.1. The number of nitrogens with one attached hydrogen (secondary N) is 1. The summed E-state index contributed by atoms with van der Waals surface area (Å²) < 4.78 is 11.1. The van der Waals surface area contributed by atoms with Crippen molar-refractivity contribution in [2.45, 2.75) is 38.8 Å². The Balaban J connectivity index is 1.41. The predicted molar refractivity (Wildman–Crippen MR) is 73.0 cm³/mol. The van der Waals surface area contributed by atoms with E-state index in [1.54, 1.807) is 11.3 Å². The van der Waals surface area contributed by atoms with Gasteiger partial charge in [0.1, 0.15) is 5.01 Å². The largest absolute Gasteiger partial charge is 0.379 e. The van der Waals surface area contributed by atoms with Gasteiger partial charge in [-0.25, -0.2) is 4.98 Å². The summed E-state index contributed by atoms with van der Waals surface area (Å²) in [4.78, 5) is 4.41. The summed E-state index contributed by atoms with van der Waals surface area (Å²) in [6.07, 6.45) is 3.72. The molecular weight excluding hydrogens is 248 g/mol. The summed E-state index contributed by atoms with van der Waals surface area (Å²) in [5.41, 5.74) is 1.11. The van der Waals surface area contributed by atoms with E-state index < -0.39 is 0 Å². The van der Waals surface area contributed by atoms with Crippen molar-refractivity contribution in [3.8, 4) is 0 Å². The molecule has 1 unspecified atom stereocenters. The van der Waals surface area contributed by atoms with Gasteiger partial charge < -0.3 is 14.8 Å². The van der Waals surface area contributed by atoms with Crippen LogP contribution >= 0.6 is 11.3 Å². The second-order valence-corrected chi connectivity index (χ2v) is 5.57. The van der Waals surface area contributed by atoms with E-state index in [-0.39, 0.29) is 0 Å². The molecule has 0 amide bonds. The summed E-state index contributed by atoms with van der Waals surface area (Å²) in [5, 5.41) is 6.63. The van der Waals surface area contributed by atoms with Crippen molar-refractivity contribution >= 4 is 11.3 Å². The zero-order chi connectivity index (χ0) is 12.6. The van der Waals surface area contributed by atoms with Crippen LogP contribution < -0.4 is 5.32 Å². The first kappa shape index (κ1) is 13.9. The van der Waals surface area contributed by atoms with Crippen molar-refractivity contribution in [2.75, 3.05) is 26.4 Å². The van der Waals surface area contributed by atoms with Crippen LogP contribution in [-0.2, 0) is 16.0 Å². The summed E-state index contributed by atoms with van der Waals surface area (Å²) in [7, 11) is 0. The molecule has 1 atom stereocenters. The Labute approximate surface area is 113 Å². The highest BCUT2D eigenvalue weighted by Crippen LogP contribution is 2.11. The van der Waals surface area contributed by atoms with Crippen molar-refractivity contribution < 1.29 is 9.47 Å². The molecule has 102 valence electrons. The molecule has 0 aromatic carbocycles. The molecule has 1 aliphatic rings. The number of hydrogen-bond donors (Lipinski definition) is 1. The Morgan fingerprint density at radius 2 is 2.56 bits per heavy atom. The van der Waals surface area contributed by atoms with Gasteiger partial charge in [-0.05, 0) is 32.7 Å². The van der Waals surface area contributed by atoms with Gasteiger partial charge in [0.2, 0.25) is 0 Å². The standard InChI is InChI=1S/C13H22N2O2S/c1-11-10-18-13(15-11)8-14-5-3-6-16-9-12-4-2-7-17-12/h10,12,14H,2-9H2,1H3. The lowest BCUT2D eigenvalue weighted by atomic mass is 10.2. The van der Waals surface area contributed by atoms with Gasteiger partial charge >= 0.3 is 0 Å². The van der Waals surface area contributed by atoms with E-state index in [2.05, 4.69) is 15.7 Å². The van der Waals surface area contributed by atoms with Crippen molar-refractivity contribution in [3.05, 3.63) is 16.1 Å². The third-order valence-corrected chi connectivity index (χ3v) is 3.88. The molecule has 1 aromatic rings. The third kappa shape index (κ3) is 5.02. The van der Waals surface area contributed by atoms with E-state index in [1.807, 2.05) is 6.92 Å². The van der Waals surface area contributed by atoms with Crippen molar-refractivity contribution in [1.82, 2.24) is 10.3 Å². The predicted octanol–water partition coefficient (Wildman–Crippen LogP) is 2.13. The molecule has 1 N–H and O–H groups in total. The summed E-state index contributed by atoms with van der Waals surface area (Å²) in [5.74, 6) is 0. The van der Waals surface area contributed by atoms with Gasteiger partial charge in [0, 0.05) is 30.8 Å². The van der Waals surface area contributed by atoms with E-state index in [0.717, 1.165) is 56.5 Å². The number of rotatable bonds is 8. The first-order valence-corrected chi connectivity index (χ1v) is 7.53. The van der Waals surface area contributed by atoms with Gasteiger partial charge in [-0.2, -0.15) is 0 Å². The first-order chi connectivity index (χ1) is 8.84. The lowest BCUT2D eigenvalue weighted by Gasteiger charge is -2.09. The monoisotopic (exact) mass is 270 g/mol. The number of nitrogens with zero attached hydrogens (tertiary/aromatic N) is 1.